The number of hydrogen-bond acceptors (Lipinski definition) is 6. The van der Waals surface area contributed by atoms with Crippen LogP contribution in [0, 0.1) is 5.92 Å². The van der Waals surface area contributed by atoms with Crippen molar-refractivity contribution >= 4 is 11.9 Å². The fraction of sp³-hybridized carbons (Fsp3) is 0.258. The van der Waals surface area contributed by atoms with E-state index in [0.29, 0.717) is 25.1 Å². The third-order valence-corrected chi connectivity index (χ3v) is 6.99. The summed E-state index contributed by atoms with van der Waals surface area (Å²) >= 11 is 0. The van der Waals surface area contributed by atoms with Crippen molar-refractivity contribution in [2.45, 2.75) is 26.3 Å². The average Bonchev–Trinajstić information content (AvgIpc) is 3.00. The third-order valence-electron chi connectivity index (χ3n) is 6.99. The molecule has 1 aliphatic heterocycles. The maximum atomic E-state index is 13.7. The molecule has 40 heavy (non-hydrogen) atoms. The van der Waals surface area contributed by atoms with Crippen LogP contribution < -0.4 is 11.2 Å². The van der Waals surface area contributed by atoms with Crippen LogP contribution in [0.2, 0.25) is 0 Å². The summed E-state index contributed by atoms with van der Waals surface area (Å²) < 4.78 is 7.29. The predicted octanol–water partition coefficient (Wildman–Crippen LogP) is 3.52. The van der Waals surface area contributed by atoms with Gasteiger partial charge in [-0.05, 0) is 48.6 Å². The Morgan fingerprint density at radius 3 is 2.23 bits per heavy atom. The van der Waals surface area contributed by atoms with Crippen molar-refractivity contribution in [1.29, 1.82) is 0 Å². The molecule has 1 unspecified atom stereocenters. The summed E-state index contributed by atoms with van der Waals surface area (Å²) in [6, 6.07) is 26.1. The van der Waals surface area contributed by atoms with Gasteiger partial charge in [0.05, 0.1) is 24.8 Å². The van der Waals surface area contributed by atoms with E-state index in [0.717, 1.165) is 25.9 Å². The highest BCUT2D eigenvalue weighted by Crippen LogP contribution is 2.21. The van der Waals surface area contributed by atoms with E-state index in [2.05, 4.69) is 5.10 Å². The first kappa shape index (κ1) is 26.8. The fourth-order valence-electron chi connectivity index (χ4n) is 4.91. The van der Waals surface area contributed by atoms with Crippen LogP contribution in [0.5, 0.6) is 0 Å². The molecule has 0 aliphatic carbocycles. The van der Waals surface area contributed by atoms with E-state index >= 15 is 0 Å². The lowest BCUT2D eigenvalue weighted by Gasteiger charge is -2.31. The average molecular weight is 539 g/mol. The van der Waals surface area contributed by atoms with Gasteiger partial charge in [-0.15, -0.1) is 0 Å². The van der Waals surface area contributed by atoms with Crippen molar-refractivity contribution in [2.24, 2.45) is 5.92 Å². The van der Waals surface area contributed by atoms with Gasteiger partial charge >= 0.3 is 11.7 Å². The zero-order valence-electron chi connectivity index (χ0n) is 22.2. The van der Waals surface area contributed by atoms with Gasteiger partial charge in [-0.1, -0.05) is 72.8 Å². The van der Waals surface area contributed by atoms with Crippen LogP contribution in [0.25, 0.3) is 16.8 Å². The number of likely N-dealkylation sites (tertiary alicyclic amines) is 1. The number of hydrogen-bond donors (Lipinski definition) is 0. The Morgan fingerprint density at radius 2 is 1.55 bits per heavy atom. The van der Waals surface area contributed by atoms with Gasteiger partial charge in [0, 0.05) is 13.1 Å². The van der Waals surface area contributed by atoms with Gasteiger partial charge in [-0.3, -0.25) is 19.0 Å². The van der Waals surface area contributed by atoms with Gasteiger partial charge in [0.15, 0.2) is 0 Å². The Morgan fingerprint density at radius 1 is 0.900 bits per heavy atom. The summed E-state index contributed by atoms with van der Waals surface area (Å²) in [5.41, 5.74) is 1.33. The smallest absolute Gasteiger partial charge is 0.352 e. The molecule has 0 bridgehead atoms. The van der Waals surface area contributed by atoms with Crippen molar-refractivity contribution in [1.82, 2.24) is 19.2 Å². The monoisotopic (exact) mass is 538 g/mol. The number of ether oxygens (including phenoxy) is 1. The molecular weight excluding hydrogens is 508 g/mol. The van der Waals surface area contributed by atoms with Gasteiger partial charge in [0.1, 0.15) is 0 Å². The van der Waals surface area contributed by atoms with Crippen molar-refractivity contribution in [3.05, 3.63) is 117 Å². The minimum atomic E-state index is -0.769. The molecule has 1 saturated heterocycles. The second-order valence-electron chi connectivity index (χ2n) is 9.68. The number of nitrogens with zero attached hydrogens (tertiary/aromatic N) is 4. The summed E-state index contributed by atoms with van der Waals surface area (Å²) in [6.45, 7) is 2.47. The van der Waals surface area contributed by atoms with Gasteiger partial charge in [0.2, 0.25) is 5.69 Å². The van der Waals surface area contributed by atoms with Crippen LogP contribution in [0.15, 0.2) is 94.5 Å². The summed E-state index contributed by atoms with van der Waals surface area (Å²) in [6.07, 6.45) is 1.19. The first-order valence-electron chi connectivity index (χ1n) is 13.4. The molecule has 2 heterocycles. The van der Waals surface area contributed by atoms with Crippen LogP contribution in [-0.4, -0.2) is 50.8 Å². The van der Waals surface area contributed by atoms with Crippen LogP contribution in [0.1, 0.15) is 35.8 Å². The number of carbonyl (C=O) groups excluding carboxylic acids is 2. The maximum Gasteiger partial charge on any atom is 0.352 e. The van der Waals surface area contributed by atoms with Crippen LogP contribution >= 0.6 is 0 Å². The van der Waals surface area contributed by atoms with Crippen molar-refractivity contribution in [3.63, 3.8) is 0 Å². The SMILES string of the molecule is CCOC(=O)C1CCCN(C(=O)c2nn(-c3ccc(-c4ccccc4)cc3)c(=O)n(Cc3ccccc3)c2=O)C1. The predicted molar refractivity (Wildman–Crippen MR) is 150 cm³/mol. The standard InChI is InChI=1S/C31H30N4O5/c1-2-40-30(38)25-14-9-19-33(21-25)28(36)27-29(37)34(20-22-10-5-3-6-11-22)31(39)35(32-27)26-17-15-24(16-18-26)23-12-7-4-8-13-23/h3-8,10-13,15-18,25H,2,9,14,19-21H2,1H3. The zero-order chi connectivity index (χ0) is 28.1. The van der Waals surface area contributed by atoms with Gasteiger partial charge in [0.25, 0.3) is 11.5 Å². The third kappa shape index (κ3) is 5.63. The molecule has 0 radical (unpaired) electrons. The molecular formula is C31H30N4O5. The van der Waals surface area contributed by atoms with E-state index < -0.39 is 23.1 Å². The topological polar surface area (TPSA) is 104 Å². The highest BCUT2D eigenvalue weighted by molar-refractivity contribution is 5.92. The Kier molecular flexibility index (Phi) is 8.00. The summed E-state index contributed by atoms with van der Waals surface area (Å²) in [7, 11) is 0. The number of rotatable bonds is 7. The van der Waals surface area contributed by atoms with Crippen molar-refractivity contribution in [3.8, 4) is 16.8 Å². The number of carbonyl (C=O) groups is 2. The van der Waals surface area contributed by atoms with E-state index in [1.807, 2.05) is 60.7 Å². The fourth-order valence-corrected chi connectivity index (χ4v) is 4.91. The molecule has 0 spiro atoms. The highest BCUT2D eigenvalue weighted by atomic mass is 16.5. The Bertz CT molecular complexity index is 1610. The molecule has 1 atom stereocenters. The Hall–Kier alpha value is -4.79. The molecule has 0 saturated carbocycles. The largest absolute Gasteiger partial charge is 0.466 e. The molecule has 0 N–H and O–H groups in total. The lowest BCUT2D eigenvalue weighted by Crippen LogP contribution is -2.49. The lowest BCUT2D eigenvalue weighted by molar-refractivity contribution is -0.149. The molecule has 9 nitrogen and oxygen atoms in total. The number of benzene rings is 3. The van der Waals surface area contributed by atoms with Crippen LogP contribution in [0.3, 0.4) is 0 Å². The van der Waals surface area contributed by atoms with E-state index in [9.17, 15) is 19.2 Å². The molecule has 3 aromatic carbocycles. The zero-order valence-corrected chi connectivity index (χ0v) is 22.2. The number of aromatic nitrogens is 3. The highest BCUT2D eigenvalue weighted by Gasteiger charge is 2.32. The van der Waals surface area contributed by atoms with Gasteiger partial charge in [-0.2, -0.15) is 9.78 Å². The van der Waals surface area contributed by atoms with Crippen molar-refractivity contribution < 1.29 is 14.3 Å². The van der Waals surface area contributed by atoms with E-state index in [1.54, 1.807) is 31.2 Å². The first-order valence-corrected chi connectivity index (χ1v) is 13.4. The summed E-state index contributed by atoms with van der Waals surface area (Å²) in [5, 5.41) is 4.29. The minimum absolute atomic E-state index is 0.0190. The molecule has 1 aliphatic rings. The van der Waals surface area contributed by atoms with Gasteiger partial charge < -0.3 is 9.64 Å². The first-order chi connectivity index (χ1) is 19.5. The van der Waals surface area contributed by atoms with Crippen LogP contribution in [-0.2, 0) is 16.1 Å². The summed E-state index contributed by atoms with van der Waals surface area (Å²) in [5.74, 6) is -1.45. The van der Waals surface area contributed by atoms with Gasteiger partial charge in [-0.25, -0.2) is 4.79 Å². The number of amides is 1. The molecule has 1 amide bonds. The quantitative estimate of drug-likeness (QED) is 0.334. The lowest BCUT2D eigenvalue weighted by atomic mass is 9.98. The van der Waals surface area contributed by atoms with Crippen molar-refractivity contribution in [2.75, 3.05) is 19.7 Å². The Balaban J connectivity index is 1.56. The Labute approximate surface area is 231 Å². The second kappa shape index (κ2) is 11.9. The summed E-state index contributed by atoms with van der Waals surface area (Å²) in [4.78, 5) is 54.6. The van der Waals surface area contributed by atoms with E-state index in [-0.39, 0.29) is 31.4 Å². The van der Waals surface area contributed by atoms with E-state index in [4.69, 9.17) is 4.74 Å². The van der Waals surface area contributed by atoms with E-state index in [1.165, 1.54) is 4.90 Å². The number of piperidine rings is 1. The normalized spacial score (nSPS) is 15.0. The molecule has 5 rings (SSSR count). The molecule has 4 aromatic rings. The maximum absolute atomic E-state index is 13.7. The molecule has 1 aromatic heterocycles. The molecule has 1 fully saturated rings. The second-order valence-corrected chi connectivity index (χ2v) is 9.68. The minimum Gasteiger partial charge on any atom is -0.466 e. The van der Waals surface area contributed by atoms with Crippen LogP contribution in [0.4, 0.5) is 0 Å². The molecule has 9 heteroatoms. The number of esters is 1. The molecule has 204 valence electrons.